The van der Waals surface area contributed by atoms with E-state index in [9.17, 15) is 19.7 Å². The lowest BCUT2D eigenvalue weighted by molar-refractivity contribution is -0.381. The van der Waals surface area contributed by atoms with E-state index in [-0.39, 0.29) is 16.3 Å². The summed E-state index contributed by atoms with van der Waals surface area (Å²) in [6.45, 7) is 0.659. The lowest BCUT2D eigenvalue weighted by atomic mass is 10.1. The van der Waals surface area contributed by atoms with Gasteiger partial charge < -0.3 is 14.2 Å². The van der Waals surface area contributed by atoms with Crippen LogP contribution in [0.1, 0.15) is 22.3 Å². The number of benzene rings is 1. The van der Waals surface area contributed by atoms with Gasteiger partial charge in [0, 0.05) is 30.1 Å². The lowest BCUT2D eigenvalue weighted by Crippen LogP contribution is -2.44. The van der Waals surface area contributed by atoms with Crippen molar-refractivity contribution < 1.29 is 28.7 Å². The highest BCUT2D eigenvalue weighted by molar-refractivity contribution is 7.14. The maximum absolute atomic E-state index is 13.0. The predicted molar refractivity (Wildman–Crippen MR) is 113 cm³/mol. The van der Waals surface area contributed by atoms with E-state index in [4.69, 9.17) is 14.2 Å². The van der Waals surface area contributed by atoms with Crippen LogP contribution in [-0.2, 0) is 4.79 Å². The number of hydrogen-bond acceptors (Lipinski definition) is 8. The first-order valence-corrected chi connectivity index (χ1v) is 10.1. The topological polar surface area (TPSA) is 111 Å². The van der Waals surface area contributed by atoms with Gasteiger partial charge in [-0.1, -0.05) is 11.3 Å². The fourth-order valence-electron chi connectivity index (χ4n) is 3.22. The third-order valence-electron chi connectivity index (χ3n) is 4.69. The lowest BCUT2D eigenvalue weighted by Gasteiger charge is -2.26. The molecule has 1 aromatic carbocycles. The first-order valence-electron chi connectivity index (χ1n) is 9.24. The Kier molecular flexibility index (Phi) is 6.75. The molecule has 0 spiro atoms. The molecular formula is C20H21N3O7S. The Morgan fingerprint density at radius 1 is 1.13 bits per heavy atom. The van der Waals surface area contributed by atoms with Gasteiger partial charge in [-0.3, -0.25) is 19.7 Å². The Bertz CT molecular complexity index is 1030. The highest BCUT2D eigenvalue weighted by Gasteiger charge is 2.35. The van der Waals surface area contributed by atoms with E-state index >= 15 is 0 Å². The van der Waals surface area contributed by atoms with Gasteiger partial charge in [0.2, 0.25) is 5.75 Å². The van der Waals surface area contributed by atoms with E-state index in [0.717, 1.165) is 11.3 Å². The van der Waals surface area contributed by atoms with E-state index in [1.807, 2.05) is 0 Å². The number of thiophene rings is 1. The molecule has 1 saturated heterocycles. The minimum Gasteiger partial charge on any atom is -0.497 e. The van der Waals surface area contributed by atoms with Crippen LogP contribution in [-0.4, -0.2) is 61.2 Å². The van der Waals surface area contributed by atoms with Crippen LogP contribution in [0.25, 0.3) is 6.08 Å². The fourth-order valence-corrected chi connectivity index (χ4v) is 4.04. The Morgan fingerprint density at radius 3 is 2.52 bits per heavy atom. The molecule has 164 valence electrons. The normalized spacial score (nSPS) is 13.5. The number of hydrazine groups is 1. The molecule has 0 radical (unpaired) electrons. The zero-order chi connectivity index (χ0) is 22.5. The van der Waals surface area contributed by atoms with E-state index < -0.39 is 16.7 Å². The average molecular weight is 447 g/mol. The molecule has 1 aromatic heterocycles. The molecule has 1 aliphatic rings. The van der Waals surface area contributed by atoms with Crippen LogP contribution in [0.3, 0.4) is 0 Å². The highest BCUT2D eigenvalue weighted by atomic mass is 32.1. The molecule has 1 aliphatic heterocycles. The van der Waals surface area contributed by atoms with Crippen molar-refractivity contribution in [3.05, 3.63) is 50.9 Å². The number of amides is 2. The maximum Gasteiger partial charge on any atom is 0.366 e. The van der Waals surface area contributed by atoms with E-state index in [2.05, 4.69) is 0 Å². The van der Waals surface area contributed by atoms with Gasteiger partial charge in [0.05, 0.1) is 26.3 Å². The minimum atomic E-state index is -0.600. The fraction of sp³-hybridized carbons (Fsp3) is 0.300. The summed E-state index contributed by atoms with van der Waals surface area (Å²) in [5, 5.41) is 14.9. The maximum atomic E-state index is 13.0. The molecule has 0 bridgehead atoms. The van der Waals surface area contributed by atoms with Gasteiger partial charge in [0.1, 0.15) is 17.1 Å². The second-order valence-electron chi connectivity index (χ2n) is 6.43. The molecule has 2 heterocycles. The van der Waals surface area contributed by atoms with E-state index in [1.54, 1.807) is 24.3 Å². The first kappa shape index (κ1) is 22.1. The molecule has 3 rings (SSSR count). The molecule has 1 fully saturated rings. The van der Waals surface area contributed by atoms with Crippen LogP contribution in [0.4, 0.5) is 5.00 Å². The zero-order valence-electron chi connectivity index (χ0n) is 17.2. The van der Waals surface area contributed by atoms with Crippen LogP contribution in [0, 0.1) is 10.1 Å². The molecule has 31 heavy (non-hydrogen) atoms. The van der Waals surface area contributed by atoms with E-state index in [1.165, 1.54) is 42.8 Å². The molecular weight excluding hydrogens is 426 g/mol. The summed E-state index contributed by atoms with van der Waals surface area (Å²) < 4.78 is 15.6. The number of rotatable bonds is 7. The average Bonchev–Trinajstić information content (AvgIpc) is 3.43. The van der Waals surface area contributed by atoms with Crippen LogP contribution >= 0.6 is 11.3 Å². The van der Waals surface area contributed by atoms with Crippen LogP contribution in [0.5, 0.6) is 17.2 Å². The summed E-state index contributed by atoms with van der Waals surface area (Å²) in [7, 11) is 4.33. The SMILES string of the molecule is COc1ccc(OC)c(C=CC(=O)N2CCCN2C(=O)c2csc([N+](=O)[O-])c2OC)c1. The van der Waals surface area contributed by atoms with Crippen LogP contribution in [0.15, 0.2) is 29.7 Å². The Morgan fingerprint density at radius 2 is 1.87 bits per heavy atom. The molecule has 2 amide bonds. The summed E-state index contributed by atoms with van der Waals surface area (Å²) in [4.78, 5) is 36.4. The third kappa shape index (κ3) is 4.45. The smallest absolute Gasteiger partial charge is 0.366 e. The van der Waals surface area contributed by atoms with Gasteiger partial charge in [-0.05, 0) is 30.7 Å². The second kappa shape index (κ2) is 9.47. The van der Waals surface area contributed by atoms with Gasteiger partial charge in [-0.2, -0.15) is 0 Å². The Labute approximate surface area is 182 Å². The predicted octanol–water partition coefficient (Wildman–Crippen LogP) is 2.99. The van der Waals surface area contributed by atoms with Crippen molar-refractivity contribution in [3.63, 3.8) is 0 Å². The van der Waals surface area contributed by atoms with Gasteiger partial charge >= 0.3 is 5.00 Å². The number of ether oxygens (including phenoxy) is 3. The van der Waals surface area contributed by atoms with Crippen molar-refractivity contribution in [3.8, 4) is 17.2 Å². The summed E-state index contributed by atoms with van der Waals surface area (Å²) in [6.07, 6.45) is 3.51. The summed E-state index contributed by atoms with van der Waals surface area (Å²) in [5.74, 6) is 0.140. The monoisotopic (exact) mass is 447 g/mol. The number of methoxy groups -OCH3 is 3. The van der Waals surface area contributed by atoms with Crippen molar-refractivity contribution in [1.29, 1.82) is 0 Å². The number of carbonyl (C=O) groups is 2. The van der Waals surface area contributed by atoms with Crippen molar-refractivity contribution >= 4 is 34.2 Å². The Balaban J connectivity index is 1.82. The number of carbonyl (C=O) groups excluding carboxylic acids is 2. The molecule has 11 heteroatoms. The molecule has 0 unspecified atom stereocenters. The van der Waals surface area contributed by atoms with Gasteiger partial charge in [0.15, 0.2) is 0 Å². The second-order valence-corrected chi connectivity index (χ2v) is 7.29. The summed E-state index contributed by atoms with van der Waals surface area (Å²) in [6, 6.07) is 5.20. The zero-order valence-corrected chi connectivity index (χ0v) is 18.0. The standard InChI is InChI=1S/C20H21N3O7S/c1-28-14-6-7-16(29-2)13(11-14)5-8-17(24)21-9-4-10-22(21)19(25)15-12-31-20(23(26)27)18(15)30-3/h5-8,11-12H,4,9-10H2,1-3H3. The minimum absolute atomic E-state index is 0.0531. The number of nitrogens with zero attached hydrogens (tertiary/aromatic N) is 3. The number of nitro groups is 1. The van der Waals surface area contributed by atoms with Crippen molar-refractivity contribution in [1.82, 2.24) is 10.0 Å². The molecule has 0 saturated carbocycles. The van der Waals surface area contributed by atoms with Crippen LogP contribution in [0.2, 0.25) is 0 Å². The molecule has 2 aromatic rings. The first-order chi connectivity index (χ1) is 14.9. The molecule has 0 atom stereocenters. The third-order valence-corrected chi connectivity index (χ3v) is 5.60. The molecule has 0 aliphatic carbocycles. The largest absolute Gasteiger partial charge is 0.497 e. The summed E-state index contributed by atoms with van der Waals surface area (Å²) in [5.41, 5.74) is 0.694. The van der Waals surface area contributed by atoms with Crippen molar-refractivity contribution in [2.45, 2.75) is 6.42 Å². The van der Waals surface area contributed by atoms with Gasteiger partial charge in [-0.25, -0.2) is 10.0 Å². The number of hydrogen-bond donors (Lipinski definition) is 0. The highest BCUT2D eigenvalue weighted by Crippen LogP contribution is 2.38. The van der Waals surface area contributed by atoms with E-state index in [0.29, 0.717) is 36.6 Å². The summed E-state index contributed by atoms with van der Waals surface area (Å²) >= 11 is 0.806. The van der Waals surface area contributed by atoms with Crippen molar-refractivity contribution in [2.24, 2.45) is 0 Å². The van der Waals surface area contributed by atoms with Crippen molar-refractivity contribution in [2.75, 3.05) is 34.4 Å². The van der Waals surface area contributed by atoms with Crippen LogP contribution < -0.4 is 14.2 Å². The Hall–Kier alpha value is -3.60. The van der Waals surface area contributed by atoms with Gasteiger partial charge in [0.25, 0.3) is 11.8 Å². The van der Waals surface area contributed by atoms with Gasteiger partial charge in [-0.15, -0.1) is 0 Å². The quantitative estimate of drug-likeness (QED) is 0.364. The molecule has 10 nitrogen and oxygen atoms in total. The molecule has 0 N–H and O–H groups in total.